The number of para-hydroxylation sites is 1. The van der Waals surface area contributed by atoms with Gasteiger partial charge in [-0.25, -0.2) is 9.61 Å². The van der Waals surface area contributed by atoms with Crippen LogP contribution in [0.4, 0.5) is 17.3 Å². The van der Waals surface area contributed by atoms with Crippen LogP contribution in [0.2, 0.25) is 10.0 Å². The Morgan fingerprint density at radius 3 is 2.56 bits per heavy atom. The number of nitrogens with one attached hydrogen (secondary N) is 2. The first-order chi connectivity index (χ1) is 19.0. The van der Waals surface area contributed by atoms with Crippen molar-refractivity contribution in [3.05, 3.63) is 99.2 Å². The number of rotatable bonds is 7. The van der Waals surface area contributed by atoms with Crippen LogP contribution in [0.15, 0.2) is 76.6 Å². The minimum Gasteiger partial charge on any atom is -0.342 e. The van der Waals surface area contributed by atoms with E-state index in [1.165, 1.54) is 0 Å². The molecule has 0 saturated carbocycles. The highest BCUT2D eigenvalue weighted by Crippen LogP contribution is 2.28. The number of hydrazone groups is 1. The van der Waals surface area contributed by atoms with Crippen LogP contribution in [0.5, 0.6) is 0 Å². The van der Waals surface area contributed by atoms with E-state index in [0.717, 1.165) is 38.8 Å². The van der Waals surface area contributed by atoms with Crippen molar-refractivity contribution in [1.82, 2.24) is 24.8 Å². The zero-order chi connectivity index (χ0) is 26.9. The smallest absolute Gasteiger partial charge is 0.245 e. The summed E-state index contributed by atoms with van der Waals surface area (Å²) in [6, 6.07) is 19.7. The van der Waals surface area contributed by atoms with E-state index < -0.39 is 0 Å². The maximum atomic E-state index is 6.44. The molecule has 3 aromatic heterocycles. The average Bonchev–Trinajstić information content (AvgIpc) is 3.52. The molecule has 2 N–H and O–H groups in total. The number of hydrogen-bond acceptors (Lipinski definition) is 8. The van der Waals surface area contributed by atoms with Crippen LogP contribution in [-0.2, 0) is 6.54 Å². The fraction of sp³-hybridized carbons (Fsp3) is 0.107. The van der Waals surface area contributed by atoms with E-state index in [1.54, 1.807) is 12.3 Å². The molecule has 3 heterocycles. The molecule has 0 fully saturated rings. The number of fused-ring (bicyclic) bond motifs is 2. The fourth-order valence-corrected chi connectivity index (χ4v) is 4.79. The minimum absolute atomic E-state index is 0.274. The van der Waals surface area contributed by atoms with E-state index in [2.05, 4.69) is 65.8 Å². The lowest BCUT2D eigenvalue weighted by molar-refractivity contribution is 0.314. The SMILES string of the molecule is Cc1cccc(Nc2nc3nonc3nc2NN=Cc2cn(Cc3ccc(Cl)cc3Cl)c3ccccc23)c1C. The first kappa shape index (κ1) is 24.8. The van der Waals surface area contributed by atoms with Gasteiger partial charge >= 0.3 is 0 Å². The molecule has 0 amide bonds. The van der Waals surface area contributed by atoms with Crippen LogP contribution in [0, 0.1) is 13.8 Å². The molecule has 0 spiro atoms. The molecule has 0 saturated heterocycles. The second-order valence-electron chi connectivity index (χ2n) is 9.04. The van der Waals surface area contributed by atoms with Gasteiger partial charge in [-0.15, -0.1) is 0 Å². The van der Waals surface area contributed by atoms with Crippen molar-refractivity contribution in [3.8, 4) is 0 Å². The van der Waals surface area contributed by atoms with E-state index in [9.17, 15) is 0 Å². The predicted molar refractivity (Wildman–Crippen MR) is 155 cm³/mol. The molecule has 39 heavy (non-hydrogen) atoms. The van der Waals surface area contributed by atoms with Crippen molar-refractivity contribution in [3.63, 3.8) is 0 Å². The third kappa shape index (κ3) is 5.01. The summed E-state index contributed by atoms with van der Waals surface area (Å²) >= 11 is 12.5. The number of aryl methyl sites for hydroxylation is 1. The van der Waals surface area contributed by atoms with Gasteiger partial charge in [0.15, 0.2) is 11.6 Å². The van der Waals surface area contributed by atoms with Gasteiger partial charge in [0.05, 0.1) is 6.21 Å². The number of benzene rings is 3. The first-order valence-corrected chi connectivity index (χ1v) is 12.9. The molecule has 0 unspecified atom stereocenters. The van der Waals surface area contributed by atoms with E-state index in [0.29, 0.717) is 33.9 Å². The van der Waals surface area contributed by atoms with Crippen LogP contribution >= 0.6 is 23.2 Å². The standard InChI is InChI=1S/C28H22Cl2N8O/c1-16-6-5-8-23(17(16)2)32-25-26(34-28-27(33-25)36-39-37-28)35-31-13-19-15-38(24-9-4-3-7-21(19)24)14-18-10-11-20(29)12-22(18)30/h3-13,15H,14H2,1-2H3,(H,32,33,36)(H,34,35,37). The van der Waals surface area contributed by atoms with Crippen molar-refractivity contribution in [2.75, 3.05) is 10.7 Å². The largest absolute Gasteiger partial charge is 0.342 e. The first-order valence-electron chi connectivity index (χ1n) is 12.1. The summed E-state index contributed by atoms with van der Waals surface area (Å²) in [4.78, 5) is 9.05. The second kappa shape index (κ2) is 10.4. The van der Waals surface area contributed by atoms with Crippen LogP contribution < -0.4 is 10.7 Å². The van der Waals surface area contributed by atoms with E-state index in [-0.39, 0.29) is 5.65 Å². The van der Waals surface area contributed by atoms with E-state index >= 15 is 0 Å². The second-order valence-corrected chi connectivity index (χ2v) is 9.88. The number of aromatic nitrogens is 5. The maximum Gasteiger partial charge on any atom is 0.245 e. The molecule has 0 aliphatic rings. The van der Waals surface area contributed by atoms with Crippen LogP contribution in [-0.4, -0.2) is 31.1 Å². The molecule has 0 radical (unpaired) electrons. The van der Waals surface area contributed by atoms with Crippen LogP contribution in [0.1, 0.15) is 22.3 Å². The normalized spacial score (nSPS) is 11.6. The Bertz CT molecular complexity index is 1860. The third-order valence-electron chi connectivity index (χ3n) is 6.52. The molecule has 0 atom stereocenters. The van der Waals surface area contributed by atoms with E-state index in [4.69, 9.17) is 27.8 Å². The van der Waals surface area contributed by atoms with Gasteiger partial charge < -0.3 is 9.88 Å². The molecule has 6 rings (SSSR count). The summed E-state index contributed by atoms with van der Waals surface area (Å²) in [6.45, 7) is 4.68. The molecule has 0 aliphatic carbocycles. The number of nitrogens with zero attached hydrogens (tertiary/aromatic N) is 6. The van der Waals surface area contributed by atoms with Gasteiger partial charge in [-0.2, -0.15) is 10.1 Å². The molecule has 9 nitrogen and oxygen atoms in total. The molecule has 0 bridgehead atoms. The molecular formula is C28H22Cl2N8O. The molecular weight excluding hydrogens is 535 g/mol. The van der Waals surface area contributed by atoms with Crippen molar-refractivity contribution in [2.45, 2.75) is 20.4 Å². The predicted octanol–water partition coefficient (Wildman–Crippen LogP) is 7.13. The molecule has 11 heteroatoms. The Labute approximate surface area is 233 Å². The third-order valence-corrected chi connectivity index (χ3v) is 7.11. The summed E-state index contributed by atoms with van der Waals surface area (Å²) < 4.78 is 6.95. The van der Waals surface area contributed by atoms with Crippen molar-refractivity contribution >= 4 is 68.9 Å². The highest BCUT2D eigenvalue weighted by atomic mass is 35.5. The lowest BCUT2D eigenvalue weighted by Crippen LogP contribution is -2.04. The van der Waals surface area contributed by atoms with Gasteiger partial charge in [0, 0.05) is 44.9 Å². The van der Waals surface area contributed by atoms with Gasteiger partial charge in [0.25, 0.3) is 0 Å². The summed E-state index contributed by atoms with van der Waals surface area (Å²) in [5.41, 5.74) is 9.67. The Kier molecular flexibility index (Phi) is 6.60. The lowest BCUT2D eigenvalue weighted by Gasteiger charge is -2.12. The average molecular weight is 557 g/mol. The van der Waals surface area contributed by atoms with Crippen molar-refractivity contribution in [1.29, 1.82) is 0 Å². The molecule has 194 valence electrons. The van der Waals surface area contributed by atoms with Crippen LogP contribution in [0.3, 0.4) is 0 Å². The minimum atomic E-state index is 0.274. The Morgan fingerprint density at radius 2 is 1.74 bits per heavy atom. The van der Waals surface area contributed by atoms with Crippen molar-refractivity contribution < 1.29 is 4.63 Å². The summed E-state index contributed by atoms with van der Waals surface area (Å²) in [6.07, 6.45) is 3.78. The van der Waals surface area contributed by atoms with Gasteiger partial charge in [-0.1, -0.05) is 59.6 Å². The van der Waals surface area contributed by atoms with Gasteiger partial charge in [0.2, 0.25) is 11.3 Å². The summed E-state index contributed by atoms with van der Waals surface area (Å²) in [5, 5.41) is 17.7. The van der Waals surface area contributed by atoms with Crippen molar-refractivity contribution in [2.24, 2.45) is 5.10 Å². The zero-order valence-electron chi connectivity index (χ0n) is 21.0. The topological polar surface area (TPSA) is 106 Å². The Balaban J connectivity index is 1.31. The highest BCUT2D eigenvalue weighted by molar-refractivity contribution is 6.35. The molecule has 0 aliphatic heterocycles. The van der Waals surface area contributed by atoms with Crippen LogP contribution in [0.25, 0.3) is 22.2 Å². The number of hydrogen-bond donors (Lipinski definition) is 2. The summed E-state index contributed by atoms with van der Waals surface area (Å²) in [7, 11) is 0. The van der Waals surface area contributed by atoms with Gasteiger partial charge in [0.1, 0.15) is 0 Å². The maximum absolute atomic E-state index is 6.44. The monoisotopic (exact) mass is 556 g/mol. The van der Waals surface area contributed by atoms with Gasteiger partial charge in [-0.3, -0.25) is 5.43 Å². The molecule has 3 aromatic carbocycles. The quantitative estimate of drug-likeness (QED) is 0.159. The van der Waals surface area contributed by atoms with Gasteiger partial charge in [-0.05, 0) is 65.1 Å². The number of halogens is 2. The highest BCUT2D eigenvalue weighted by Gasteiger charge is 2.14. The Morgan fingerprint density at radius 1 is 0.949 bits per heavy atom. The Hall–Kier alpha value is -4.47. The fourth-order valence-electron chi connectivity index (χ4n) is 4.32. The summed E-state index contributed by atoms with van der Waals surface area (Å²) in [5.74, 6) is 0.830. The lowest BCUT2D eigenvalue weighted by atomic mass is 10.1. The van der Waals surface area contributed by atoms with E-state index in [1.807, 2.05) is 49.5 Å². The zero-order valence-corrected chi connectivity index (χ0v) is 22.5. The number of anilines is 3. The molecule has 6 aromatic rings.